The first-order valence-corrected chi connectivity index (χ1v) is 8.05. The number of ether oxygens (including phenoxy) is 1. The number of hydrogen-bond acceptors (Lipinski definition) is 4. The summed E-state index contributed by atoms with van der Waals surface area (Å²) in [4.78, 5) is 0. The van der Waals surface area contributed by atoms with E-state index in [-0.39, 0.29) is 12.4 Å². The molecule has 1 aliphatic heterocycles. The Morgan fingerprint density at radius 3 is 2.71 bits per heavy atom. The Balaban J connectivity index is 2.11. The third-order valence-electron chi connectivity index (χ3n) is 3.03. The number of nitrogens with one attached hydrogen (secondary N) is 2. The maximum atomic E-state index is 11.5. The maximum absolute atomic E-state index is 11.5. The lowest BCUT2D eigenvalue weighted by atomic mass is 9.95. The molecular formula is C11H24N2O3S. The van der Waals surface area contributed by atoms with E-state index in [2.05, 4.69) is 10.0 Å². The largest absolute Gasteiger partial charge is 0.381 e. The van der Waals surface area contributed by atoms with Crippen LogP contribution in [0.3, 0.4) is 0 Å². The molecule has 2 N–H and O–H groups in total. The molecule has 0 amide bonds. The zero-order valence-corrected chi connectivity index (χ0v) is 11.4. The lowest BCUT2D eigenvalue weighted by Gasteiger charge is -2.22. The van der Waals surface area contributed by atoms with Gasteiger partial charge in [0.15, 0.2) is 0 Å². The van der Waals surface area contributed by atoms with Crippen LogP contribution in [-0.2, 0) is 14.8 Å². The molecule has 1 aliphatic rings. The molecule has 0 spiro atoms. The molecule has 6 heteroatoms. The topological polar surface area (TPSA) is 67.4 Å². The summed E-state index contributed by atoms with van der Waals surface area (Å²) in [5, 5.41) is 3.30. The van der Waals surface area contributed by atoms with E-state index in [4.69, 9.17) is 4.74 Å². The van der Waals surface area contributed by atoms with Crippen LogP contribution in [0.4, 0.5) is 0 Å². The summed E-state index contributed by atoms with van der Waals surface area (Å²) in [5.41, 5.74) is 0. The van der Waals surface area contributed by atoms with Gasteiger partial charge in [-0.3, -0.25) is 0 Å². The lowest BCUT2D eigenvalue weighted by molar-refractivity contribution is 0.163. The highest BCUT2D eigenvalue weighted by Crippen LogP contribution is 2.14. The van der Waals surface area contributed by atoms with E-state index >= 15 is 0 Å². The van der Waals surface area contributed by atoms with Crippen LogP contribution in [0.15, 0.2) is 0 Å². The number of sulfonamides is 1. The predicted molar refractivity (Wildman–Crippen MR) is 68.5 cm³/mol. The molecule has 1 rings (SSSR count). The van der Waals surface area contributed by atoms with Crippen molar-refractivity contribution in [3.8, 4) is 0 Å². The van der Waals surface area contributed by atoms with Gasteiger partial charge in [-0.05, 0) is 45.2 Å². The van der Waals surface area contributed by atoms with Crippen LogP contribution in [0.5, 0.6) is 0 Å². The molecule has 5 nitrogen and oxygen atoms in total. The minimum atomic E-state index is -3.15. The van der Waals surface area contributed by atoms with Gasteiger partial charge < -0.3 is 10.1 Å². The maximum Gasteiger partial charge on any atom is 0.213 e. The predicted octanol–water partition coefficient (Wildman–Crippen LogP) is 0.332. The van der Waals surface area contributed by atoms with E-state index in [0.717, 1.165) is 32.4 Å². The Hall–Kier alpha value is -0.170. The molecule has 1 fully saturated rings. The van der Waals surface area contributed by atoms with Gasteiger partial charge in [-0.15, -0.1) is 0 Å². The highest BCUT2D eigenvalue weighted by Gasteiger charge is 2.14. The van der Waals surface area contributed by atoms with Crippen molar-refractivity contribution >= 4 is 10.0 Å². The van der Waals surface area contributed by atoms with Crippen LogP contribution < -0.4 is 10.0 Å². The van der Waals surface area contributed by atoms with Gasteiger partial charge in [0.2, 0.25) is 10.0 Å². The fourth-order valence-electron chi connectivity index (χ4n) is 1.97. The van der Waals surface area contributed by atoms with Crippen molar-refractivity contribution in [2.75, 3.05) is 38.6 Å². The van der Waals surface area contributed by atoms with Crippen LogP contribution in [-0.4, -0.2) is 47.0 Å². The normalized spacial score (nSPS) is 18.4. The smallest absolute Gasteiger partial charge is 0.213 e. The Kier molecular flexibility index (Phi) is 7.03. The van der Waals surface area contributed by atoms with Gasteiger partial charge in [-0.25, -0.2) is 13.1 Å². The number of hydrogen-bond donors (Lipinski definition) is 2. The van der Waals surface area contributed by atoms with E-state index in [1.807, 2.05) is 6.92 Å². The Morgan fingerprint density at radius 1 is 1.35 bits per heavy atom. The first kappa shape index (κ1) is 14.9. The van der Waals surface area contributed by atoms with E-state index in [9.17, 15) is 8.42 Å². The molecule has 0 aliphatic carbocycles. The van der Waals surface area contributed by atoms with Crippen molar-refractivity contribution in [2.24, 2.45) is 5.92 Å². The molecule has 1 heterocycles. The quantitative estimate of drug-likeness (QED) is 0.620. The number of piperidine rings is 1. The third-order valence-corrected chi connectivity index (χ3v) is 4.38. The first-order valence-electron chi connectivity index (χ1n) is 6.40. The van der Waals surface area contributed by atoms with Crippen molar-refractivity contribution in [3.63, 3.8) is 0 Å². The van der Waals surface area contributed by atoms with Crippen LogP contribution in [0.25, 0.3) is 0 Å². The fourth-order valence-corrected chi connectivity index (χ4v) is 2.88. The monoisotopic (exact) mass is 264 g/mol. The molecular weight excluding hydrogens is 240 g/mol. The summed E-state index contributed by atoms with van der Waals surface area (Å²) < 4.78 is 30.8. The van der Waals surface area contributed by atoms with Crippen LogP contribution in [0, 0.1) is 5.92 Å². The van der Waals surface area contributed by atoms with Gasteiger partial charge in [-0.1, -0.05) is 0 Å². The SMILES string of the molecule is CCOCCS(=O)(=O)NCCC1CCNCC1. The average Bonchev–Trinajstić information content (AvgIpc) is 2.30. The second kappa shape index (κ2) is 8.02. The van der Waals surface area contributed by atoms with Gasteiger partial charge >= 0.3 is 0 Å². The molecule has 0 saturated carbocycles. The van der Waals surface area contributed by atoms with Gasteiger partial charge in [-0.2, -0.15) is 0 Å². The molecule has 17 heavy (non-hydrogen) atoms. The van der Waals surface area contributed by atoms with E-state index in [1.54, 1.807) is 0 Å². The molecule has 0 aromatic rings. The molecule has 0 aromatic heterocycles. The molecule has 1 saturated heterocycles. The molecule has 0 aromatic carbocycles. The molecule has 0 radical (unpaired) electrons. The highest BCUT2D eigenvalue weighted by atomic mass is 32.2. The minimum absolute atomic E-state index is 0.0626. The van der Waals surface area contributed by atoms with Crippen LogP contribution >= 0.6 is 0 Å². The van der Waals surface area contributed by atoms with Crippen molar-refractivity contribution < 1.29 is 13.2 Å². The molecule has 0 atom stereocenters. The Bertz CT molecular complexity index is 287. The summed E-state index contributed by atoms with van der Waals surface area (Å²) in [6.45, 7) is 5.36. The molecule has 0 bridgehead atoms. The number of rotatable bonds is 8. The minimum Gasteiger partial charge on any atom is -0.381 e. The van der Waals surface area contributed by atoms with Crippen molar-refractivity contribution in [2.45, 2.75) is 26.2 Å². The summed E-state index contributed by atoms with van der Waals surface area (Å²) in [7, 11) is -3.15. The van der Waals surface area contributed by atoms with Gasteiger partial charge in [0, 0.05) is 13.2 Å². The Morgan fingerprint density at radius 2 is 2.06 bits per heavy atom. The summed E-state index contributed by atoms with van der Waals surface area (Å²) in [6, 6.07) is 0. The van der Waals surface area contributed by atoms with E-state index in [1.165, 1.54) is 0 Å². The fraction of sp³-hybridized carbons (Fsp3) is 1.00. The van der Waals surface area contributed by atoms with Gasteiger partial charge in [0.05, 0.1) is 12.4 Å². The van der Waals surface area contributed by atoms with Crippen LogP contribution in [0.2, 0.25) is 0 Å². The van der Waals surface area contributed by atoms with Crippen LogP contribution in [0.1, 0.15) is 26.2 Å². The van der Waals surface area contributed by atoms with Gasteiger partial charge in [0.1, 0.15) is 0 Å². The van der Waals surface area contributed by atoms with Crippen molar-refractivity contribution in [1.29, 1.82) is 0 Å². The Labute approximate surface area is 104 Å². The van der Waals surface area contributed by atoms with Gasteiger partial charge in [0.25, 0.3) is 0 Å². The zero-order chi connectivity index (χ0) is 12.6. The van der Waals surface area contributed by atoms with Crippen molar-refractivity contribution in [1.82, 2.24) is 10.0 Å². The standard InChI is InChI=1S/C11H24N2O3S/c1-2-16-9-10-17(14,15)13-8-5-11-3-6-12-7-4-11/h11-13H,2-10H2,1H3. The summed E-state index contributed by atoms with van der Waals surface area (Å²) in [6.07, 6.45) is 3.25. The van der Waals surface area contributed by atoms with Crippen molar-refractivity contribution in [3.05, 3.63) is 0 Å². The third kappa shape index (κ3) is 6.98. The van der Waals surface area contributed by atoms with E-state index in [0.29, 0.717) is 19.1 Å². The summed E-state index contributed by atoms with van der Waals surface area (Å²) in [5.74, 6) is 0.721. The lowest BCUT2D eigenvalue weighted by Crippen LogP contribution is -2.33. The second-order valence-electron chi connectivity index (χ2n) is 4.39. The highest BCUT2D eigenvalue weighted by molar-refractivity contribution is 7.89. The average molecular weight is 264 g/mol. The van der Waals surface area contributed by atoms with E-state index < -0.39 is 10.0 Å². The molecule has 102 valence electrons. The second-order valence-corrected chi connectivity index (χ2v) is 6.32. The first-order chi connectivity index (χ1) is 8.14. The summed E-state index contributed by atoms with van der Waals surface area (Å²) >= 11 is 0. The zero-order valence-electron chi connectivity index (χ0n) is 10.6. The molecule has 0 unspecified atom stereocenters.